The number of hydrogen-bond acceptors (Lipinski definition) is 2. The number of rotatable bonds is 6. The molecule has 0 atom stereocenters. The van der Waals surface area contributed by atoms with Crippen LogP contribution >= 0.6 is 11.3 Å². The molecule has 76 valence electrons. The van der Waals surface area contributed by atoms with Gasteiger partial charge in [-0.25, -0.2) is 0 Å². The summed E-state index contributed by atoms with van der Waals surface area (Å²) in [7, 11) is 0. The van der Waals surface area contributed by atoms with Gasteiger partial charge in [-0.15, -0.1) is 0 Å². The van der Waals surface area contributed by atoms with Crippen molar-refractivity contribution in [1.82, 2.24) is 0 Å². The molecule has 0 radical (unpaired) electrons. The van der Waals surface area contributed by atoms with Crippen molar-refractivity contribution < 1.29 is 4.79 Å². The third kappa shape index (κ3) is 3.88. The van der Waals surface area contributed by atoms with E-state index in [1.165, 1.54) is 19.3 Å². The van der Waals surface area contributed by atoms with Crippen molar-refractivity contribution in [3.05, 3.63) is 34.5 Å². The second-order valence-corrected chi connectivity index (χ2v) is 4.05. The van der Waals surface area contributed by atoms with Crippen LogP contribution in [0.2, 0.25) is 0 Å². The van der Waals surface area contributed by atoms with Crippen molar-refractivity contribution >= 4 is 17.1 Å². The van der Waals surface area contributed by atoms with Gasteiger partial charge in [-0.05, 0) is 30.4 Å². The van der Waals surface area contributed by atoms with E-state index in [0.29, 0.717) is 0 Å². The summed E-state index contributed by atoms with van der Waals surface area (Å²) >= 11 is 1.56. The van der Waals surface area contributed by atoms with Crippen LogP contribution in [0.5, 0.6) is 0 Å². The highest BCUT2D eigenvalue weighted by molar-refractivity contribution is 7.08. The fourth-order valence-corrected chi connectivity index (χ4v) is 1.85. The van der Waals surface area contributed by atoms with E-state index in [1.807, 2.05) is 22.9 Å². The average molecular weight is 208 g/mol. The minimum atomic E-state index is 0.128. The van der Waals surface area contributed by atoms with Crippen molar-refractivity contribution in [3.8, 4) is 0 Å². The molecule has 0 amide bonds. The Labute approximate surface area is 89.5 Å². The van der Waals surface area contributed by atoms with Gasteiger partial charge in [0.15, 0.2) is 5.78 Å². The molecule has 1 aromatic heterocycles. The number of hydrogen-bond donors (Lipinski definition) is 0. The molecule has 1 heterocycles. The Hall–Kier alpha value is -0.890. The summed E-state index contributed by atoms with van der Waals surface area (Å²) in [6, 6.07) is 1.86. The lowest BCUT2D eigenvalue weighted by Crippen LogP contribution is -1.89. The minimum Gasteiger partial charge on any atom is -0.289 e. The van der Waals surface area contributed by atoms with Crippen molar-refractivity contribution in [3.63, 3.8) is 0 Å². The average Bonchev–Trinajstić information content (AvgIpc) is 2.70. The van der Waals surface area contributed by atoms with Gasteiger partial charge >= 0.3 is 0 Å². The topological polar surface area (TPSA) is 17.1 Å². The van der Waals surface area contributed by atoms with E-state index < -0.39 is 0 Å². The van der Waals surface area contributed by atoms with Gasteiger partial charge in [-0.1, -0.05) is 25.8 Å². The summed E-state index contributed by atoms with van der Waals surface area (Å²) in [5, 5.41) is 3.82. The van der Waals surface area contributed by atoms with E-state index in [2.05, 4.69) is 6.92 Å². The lowest BCUT2D eigenvalue weighted by molar-refractivity contribution is 0.104. The van der Waals surface area contributed by atoms with Crippen molar-refractivity contribution in [2.24, 2.45) is 0 Å². The van der Waals surface area contributed by atoms with Crippen LogP contribution in [0.25, 0.3) is 0 Å². The van der Waals surface area contributed by atoms with Crippen molar-refractivity contribution in [1.29, 1.82) is 0 Å². The Bertz CT molecular complexity index is 285. The molecule has 0 aliphatic heterocycles. The molecule has 0 N–H and O–H groups in total. The lowest BCUT2D eigenvalue weighted by atomic mass is 10.1. The Balaban J connectivity index is 2.27. The Morgan fingerprint density at radius 3 is 3.00 bits per heavy atom. The smallest absolute Gasteiger partial charge is 0.186 e. The number of thiophene rings is 1. The maximum Gasteiger partial charge on any atom is 0.186 e. The fraction of sp³-hybridized carbons (Fsp3) is 0.417. The molecular formula is C12H16OS. The molecule has 0 saturated heterocycles. The Morgan fingerprint density at radius 1 is 1.50 bits per heavy atom. The number of carbonyl (C=O) groups is 1. The predicted molar refractivity (Wildman–Crippen MR) is 61.9 cm³/mol. The van der Waals surface area contributed by atoms with Gasteiger partial charge in [-0.3, -0.25) is 4.79 Å². The molecule has 0 unspecified atom stereocenters. The zero-order valence-electron chi connectivity index (χ0n) is 8.53. The monoisotopic (exact) mass is 208 g/mol. The summed E-state index contributed by atoms with van der Waals surface area (Å²) in [4.78, 5) is 11.5. The summed E-state index contributed by atoms with van der Waals surface area (Å²) in [5.74, 6) is 0.128. The van der Waals surface area contributed by atoms with Crippen LogP contribution in [-0.4, -0.2) is 5.78 Å². The van der Waals surface area contributed by atoms with Gasteiger partial charge in [-0.2, -0.15) is 11.3 Å². The second kappa shape index (κ2) is 6.55. The van der Waals surface area contributed by atoms with E-state index in [1.54, 1.807) is 17.4 Å². The highest BCUT2D eigenvalue weighted by atomic mass is 32.1. The van der Waals surface area contributed by atoms with E-state index in [9.17, 15) is 4.79 Å². The van der Waals surface area contributed by atoms with Crippen LogP contribution in [0.3, 0.4) is 0 Å². The van der Waals surface area contributed by atoms with Gasteiger partial charge in [0.2, 0.25) is 0 Å². The first-order chi connectivity index (χ1) is 6.84. The predicted octanol–water partition coefficient (Wildman–Crippen LogP) is 4.07. The Kier molecular flexibility index (Phi) is 5.23. The molecule has 0 aliphatic rings. The Morgan fingerprint density at radius 2 is 2.36 bits per heavy atom. The number of allylic oxidation sites excluding steroid dienone is 2. The summed E-state index contributed by atoms with van der Waals surface area (Å²) in [5.41, 5.74) is 0.807. The first-order valence-electron chi connectivity index (χ1n) is 5.07. The largest absolute Gasteiger partial charge is 0.289 e. The van der Waals surface area contributed by atoms with Crippen molar-refractivity contribution in [2.45, 2.75) is 32.6 Å². The molecule has 0 bridgehead atoms. The molecule has 0 aromatic carbocycles. The lowest BCUT2D eigenvalue weighted by Gasteiger charge is -1.91. The molecule has 1 nitrogen and oxygen atoms in total. The highest BCUT2D eigenvalue weighted by Crippen LogP contribution is 2.08. The quantitative estimate of drug-likeness (QED) is 0.391. The van der Waals surface area contributed by atoms with Crippen LogP contribution in [-0.2, 0) is 0 Å². The molecule has 0 spiro atoms. The van der Waals surface area contributed by atoms with Gasteiger partial charge in [0.05, 0.1) is 0 Å². The van der Waals surface area contributed by atoms with Gasteiger partial charge in [0.1, 0.15) is 0 Å². The SMILES string of the molecule is CCCCCC=CC(=O)c1ccsc1. The summed E-state index contributed by atoms with van der Waals surface area (Å²) < 4.78 is 0. The second-order valence-electron chi connectivity index (χ2n) is 3.27. The number of ketones is 1. The third-order valence-corrected chi connectivity index (χ3v) is 2.73. The minimum absolute atomic E-state index is 0.128. The molecule has 1 rings (SSSR count). The van der Waals surface area contributed by atoms with Crippen LogP contribution in [0.15, 0.2) is 29.0 Å². The molecule has 0 aliphatic carbocycles. The summed E-state index contributed by atoms with van der Waals surface area (Å²) in [6.07, 6.45) is 8.35. The molecule has 2 heteroatoms. The molecule has 0 saturated carbocycles. The first-order valence-corrected chi connectivity index (χ1v) is 6.02. The van der Waals surface area contributed by atoms with E-state index in [0.717, 1.165) is 12.0 Å². The van der Waals surface area contributed by atoms with Gasteiger partial charge in [0.25, 0.3) is 0 Å². The standard InChI is InChI=1S/C12H16OS/c1-2-3-4-5-6-7-12(13)11-8-9-14-10-11/h6-10H,2-5H2,1H3. The van der Waals surface area contributed by atoms with E-state index in [-0.39, 0.29) is 5.78 Å². The maximum atomic E-state index is 11.5. The number of unbranched alkanes of at least 4 members (excludes halogenated alkanes) is 3. The van der Waals surface area contributed by atoms with Crippen LogP contribution in [0.4, 0.5) is 0 Å². The third-order valence-electron chi connectivity index (χ3n) is 2.05. The normalized spacial score (nSPS) is 10.9. The van der Waals surface area contributed by atoms with Crippen LogP contribution in [0, 0.1) is 0 Å². The van der Waals surface area contributed by atoms with Gasteiger partial charge in [0, 0.05) is 10.9 Å². The molecule has 14 heavy (non-hydrogen) atoms. The first kappa shape index (κ1) is 11.2. The molecule has 0 fully saturated rings. The molecular weight excluding hydrogens is 192 g/mol. The van der Waals surface area contributed by atoms with Gasteiger partial charge < -0.3 is 0 Å². The summed E-state index contributed by atoms with van der Waals surface area (Å²) in [6.45, 7) is 2.18. The van der Waals surface area contributed by atoms with Crippen LogP contribution < -0.4 is 0 Å². The van der Waals surface area contributed by atoms with E-state index in [4.69, 9.17) is 0 Å². The van der Waals surface area contributed by atoms with Crippen molar-refractivity contribution in [2.75, 3.05) is 0 Å². The molecule has 1 aromatic rings. The number of carbonyl (C=O) groups excluding carboxylic acids is 1. The maximum absolute atomic E-state index is 11.5. The zero-order chi connectivity index (χ0) is 10.2. The zero-order valence-corrected chi connectivity index (χ0v) is 9.35. The highest BCUT2D eigenvalue weighted by Gasteiger charge is 1.99. The van der Waals surface area contributed by atoms with E-state index >= 15 is 0 Å². The van der Waals surface area contributed by atoms with Crippen LogP contribution in [0.1, 0.15) is 43.0 Å². The fourth-order valence-electron chi connectivity index (χ4n) is 1.20.